The van der Waals surface area contributed by atoms with Crippen LogP contribution < -0.4 is 21.1 Å². The van der Waals surface area contributed by atoms with Crippen molar-refractivity contribution in [2.75, 3.05) is 12.4 Å². The highest BCUT2D eigenvalue weighted by atomic mass is 35.5. The quantitative estimate of drug-likeness (QED) is 0.204. The molecule has 0 radical (unpaired) electrons. The summed E-state index contributed by atoms with van der Waals surface area (Å²) in [6.07, 6.45) is -3.96. The monoisotopic (exact) mass is 548 g/mol. The fraction of sp³-hybridized carbons (Fsp3) is 0.192. The van der Waals surface area contributed by atoms with E-state index < -0.39 is 40.9 Å². The van der Waals surface area contributed by atoms with E-state index >= 15 is 0 Å². The molecule has 4 N–H and O–H groups in total. The number of methoxy groups -OCH3 is 1. The molecule has 1 aliphatic rings. The summed E-state index contributed by atoms with van der Waals surface area (Å²) < 4.78 is 60.0. The van der Waals surface area contributed by atoms with E-state index in [0.717, 1.165) is 12.1 Å². The Hall–Kier alpha value is -4.12. The van der Waals surface area contributed by atoms with Crippen LogP contribution in [-0.4, -0.2) is 24.9 Å². The highest BCUT2D eigenvalue weighted by Crippen LogP contribution is 2.50. The first-order valence-corrected chi connectivity index (χ1v) is 11.6. The highest BCUT2D eigenvalue weighted by Gasteiger charge is 2.50. The van der Waals surface area contributed by atoms with Crippen LogP contribution in [0.4, 0.5) is 28.0 Å². The SMILES string of the molecule is COc1ccc(NC(=O)/N=C(\N)c2c(F)cccc2Cl)cc1C(=O)NC1(c2ccccc2C(F)(F)F)CC1. The second-order valence-electron chi connectivity index (χ2n) is 8.52. The minimum absolute atomic E-state index is 0.0270. The summed E-state index contributed by atoms with van der Waals surface area (Å²) in [5.41, 5.74) is 3.54. The molecule has 0 aliphatic heterocycles. The molecular formula is C26H21ClF4N4O3. The highest BCUT2D eigenvalue weighted by molar-refractivity contribution is 6.34. The minimum atomic E-state index is -4.59. The smallest absolute Gasteiger partial charge is 0.416 e. The van der Waals surface area contributed by atoms with E-state index in [2.05, 4.69) is 15.6 Å². The molecule has 0 atom stereocenters. The number of hydrogen-bond donors (Lipinski definition) is 3. The second-order valence-corrected chi connectivity index (χ2v) is 8.93. The number of hydrogen-bond acceptors (Lipinski definition) is 3. The van der Waals surface area contributed by atoms with Crippen LogP contribution in [0.1, 0.15) is 39.9 Å². The molecule has 1 saturated carbocycles. The molecule has 0 aromatic heterocycles. The van der Waals surface area contributed by atoms with E-state index in [4.69, 9.17) is 22.1 Å². The number of nitrogens with two attached hydrogens (primary N) is 1. The maximum absolute atomic E-state index is 14.1. The number of ether oxygens (including phenoxy) is 1. The number of benzene rings is 3. The predicted octanol–water partition coefficient (Wildman–Crippen LogP) is 5.86. The van der Waals surface area contributed by atoms with Crippen LogP contribution >= 0.6 is 11.6 Å². The largest absolute Gasteiger partial charge is 0.496 e. The van der Waals surface area contributed by atoms with Crippen LogP contribution in [-0.2, 0) is 11.7 Å². The molecule has 4 rings (SSSR count). The molecule has 0 heterocycles. The van der Waals surface area contributed by atoms with Crippen LogP contribution in [0.3, 0.4) is 0 Å². The summed E-state index contributed by atoms with van der Waals surface area (Å²) in [5.74, 6) is -1.80. The summed E-state index contributed by atoms with van der Waals surface area (Å²) in [6, 6.07) is 12.1. The van der Waals surface area contributed by atoms with Gasteiger partial charge < -0.3 is 21.1 Å². The lowest BCUT2D eigenvalue weighted by Crippen LogP contribution is -2.36. The molecule has 0 saturated heterocycles. The van der Waals surface area contributed by atoms with Gasteiger partial charge in [0.2, 0.25) is 0 Å². The standard InChI is InChI=1S/C26H21ClF4N4O3/c1-38-20-10-9-14(33-24(37)34-22(32)21-18(27)7-4-8-19(21)28)13-15(20)23(36)35-25(11-12-25)16-5-2-3-6-17(16)26(29,30)31/h2-10,13H,11-12H2,1H3,(H,35,36)(H3,32,33,34,37). The average Bonchev–Trinajstić information content (AvgIpc) is 3.63. The molecule has 3 aromatic carbocycles. The van der Waals surface area contributed by atoms with Gasteiger partial charge in [0.15, 0.2) is 0 Å². The van der Waals surface area contributed by atoms with Crippen molar-refractivity contribution in [1.82, 2.24) is 5.32 Å². The lowest BCUT2D eigenvalue weighted by Gasteiger charge is -2.23. The van der Waals surface area contributed by atoms with E-state index in [0.29, 0.717) is 12.8 Å². The number of rotatable bonds is 6. The van der Waals surface area contributed by atoms with E-state index in [1.165, 1.54) is 55.6 Å². The maximum Gasteiger partial charge on any atom is 0.416 e. The molecule has 0 spiro atoms. The van der Waals surface area contributed by atoms with Gasteiger partial charge in [0.05, 0.1) is 34.4 Å². The van der Waals surface area contributed by atoms with Crippen LogP contribution in [0.2, 0.25) is 5.02 Å². The molecule has 3 amide bonds. The van der Waals surface area contributed by atoms with Gasteiger partial charge in [-0.15, -0.1) is 0 Å². The van der Waals surface area contributed by atoms with Crippen molar-refractivity contribution in [3.05, 3.63) is 93.8 Å². The number of amides is 3. The number of urea groups is 1. The number of carbonyl (C=O) groups is 2. The third-order valence-electron chi connectivity index (χ3n) is 5.99. The summed E-state index contributed by atoms with van der Waals surface area (Å²) in [5, 5.41) is 5.07. The van der Waals surface area contributed by atoms with Gasteiger partial charge in [-0.2, -0.15) is 18.2 Å². The fourth-order valence-corrected chi connectivity index (χ4v) is 4.30. The molecule has 38 heavy (non-hydrogen) atoms. The Balaban J connectivity index is 1.57. The zero-order valence-electron chi connectivity index (χ0n) is 19.8. The Morgan fingerprint density at radius 1 is 1.08 bits per heavy atom. The molecule has 3 aromatic rings. The number of amidine groups is 1. The molecular weight excluding hydrogens is 528 g/mol. The van der Waals surface area contributed by atoms with E-state index in [9.17, 15) is 27.2 Å². The van der Waals surface area contributed by atoms with Crippen molar-refractivity contribution in [1.29, 1.82) is 0 Å². The van der Waals surface area contributed by atoms with Crippen molar-refractivity contribution < 1.29 is 31.9 Å². The number of aliphatic imine (C=N–C) groups is 1. The first-order valence-electron chi connectivity index (χ1n) is 11.2. The number of nitrogens with one attached hydrogen (secondary N) is 2. The van der Waals surface area contributed by atoms with Crippen molar-refractivity contribution in [3.63, 3.8) is 0 Å². The van der Waals surface area contributed by atoms with Gasteiger partial charge in [-0.1, -0.05) is 35.9 Å². The van der Waals surface area contributed by atoms with Gasteiger partial charge in [0.25, 0.3) is 5.91 Å². The third kappa shape index (κ3) is 5.57. The van der Waals surface area contributed by atoms with Crippen molar-refractivity contribution in [2.24, 2.45) is 10.7 Å². The van der Waals surface area contributed by atoms with Crippen LogP contribution in [0.15, 0.2) is 65.7 Å². The van der Waals surface area contributed by atoms with E-state index in [1.54, 1.807) is 0 Å². The van der Waals surface area contributed by atoms with Gasteiger partial charge in [-0.3, -0.25) is 4.79 Å². The zero-order valence-corrected chi connectivity index (χ0v) is 20.6. The second kappa shape index (κ2) is 10.3. The van der Waals surface area contributed by atoms with Gasteiger partial charge in [0.1, 0.15) is 17.4 Å². The van der Waals surface area contributed by atoms with Crippen molar-refractivity contribution >= 4 is 35.1 Å². The minimum Gasteiger partial charge on any atom is -0.496 e. The summed E-state index contributed by atoms with van der Waals surface area (Å²) in [6.45, 7) is 0. The van der Waals surface area contributed by atoms with Gasteiger partial charge in [-0.25, -0.2) is 9.18 Å². The zero-order chi connectivity index (χ0) is 27.7. The van der Waals surface area contributed by atoms with E-state index in [1.807, 2.05) is 0 Å². The lowest BCUT2D eigenvalue weighted by atomic mass is 9.97. The van der Waals surface area contributed by atoms with Gasteiger partial charge in [0, 0.05) is 5.69 Å². The summed E-state index contributed by atoms with van der Waals surface area (Å²) >= 11 is 5.94. The normalized spacial score (nSPS) is 14.5. The number of nitrogens with zero attached hydrogens (tertiary/aromatic N) is 1. The average molecular weight is 549 g/mol. The molecule has 12 heteroatoms. The fourth-order valence-electron chi connectivity index (χ4n) is 4.04. The lowest BCUT2D eigenvalue weighted by molar-refractivity contribution is -0.138. The Labute approximate surface area is 219 Å². The number of carbonyl (C=O) groups excluding carboxylic acids is 2. The van der Waals surface area contributed by atoms with E-state index in [-0.39, 0.29) is 33.1 Å². The Morgan fingerprint density at radius 3 is 2.42 bits per heavy atom. The first-order chi connectivity index (χ1) is 17.9. The molecule has 1 aliphatic carbocycles. The van der Waals surface area contributed by atoms with Crippen LogP contribution in [0, 0.1) is 5.82 Å². The summed E-state index contributed by atoms with van der Waals surface area (Å²) in [7, 11) is 1.32. The van der Waals surface area contributed by atoms with Crippen molar-refractivity contribution in [2.45, 2.75) is 24.6 Å². The number of halogens is 5. The topological polar surface area (TPSA) is 106 Å². The first kappa shape index (κ1) is 26.9. The maximum atomic E-state index is 14.1. The Kier molecular flexibility index (Phi) is 7.32. The molecule has 198 valence electrons. The predicted molar refractivity (Wildman–Crippen MR) is 134 cm³/mol. The number of alkyl halides is 3. The molecule has 7 nitrogen and oxygen atoms in total. The van der Waals surface area contributed by atoms with Gasteiger partial charge in [-0.05, 0) is 54.8 Å². The number of anilines is 1. The van der Waals surface area contributed by atoms with Crippen molar-refractivity contribution in [3.8, 4) is 5.75 Å². The van der Waals surface area contributed by atoms with Crippen LogP contribution in [0.5, 0.6) is 5.75 Å². The van der Waals surface area contributed by atoms with Gasteiger partial charge >= 0.3 is 12.2 Å². The Bertz CT molecular complexity index is 1420. The summed E-state index contributed by atoms with van der Waals surface area (Å²) in [4.78, 5) is 29.2. The Morgan fingerprint density at radius 2 is 1.79 bits per heavy atom. The van der Waals surface area contributed by atoms with Crippen LogP contribution in [0.25, 0.3) is 0 Å². The third-order valence-corrected chi connectivity index (χ3v) is 6.30. The molecule has 0 unspecified atom stereocenters. The molecule has 1 fully saturated rings. The molecule has 0 bridgehead atoms.